The van der Waals surface area contributed by atoms with Crippen molar-refractivity contribution in [1.29, 1.82) is 0 Å². The predicted molar refractivity (Wildman–Crippen MR) is 77.9 cm³/mol. The van der Waals surface area contributed by atoms with Crippen LogP contribution in [0.15, 0.2) is 45.7 Å². The highest BCUT2D eigenvalue weighted by atomic mass is 32.1. The molecule has 3 N–H and O–H groups in total. The van der Waals surface area contributed by atoms with E-state index < -0.39 is 6.10 Å². The molecule has 108 valence electrons. The molecule has 6 nitrogen and oxygen atoms in total. The number of nitrogens with one attached hydrogen (secondary N) is 2. The van der Waals surface area contributed by atoms with Gasteiger partial charge in [0.05, 0.1) is 12.4 Å². The number of aromatic nitrogens is 2. The quantitative estimate of drug-likeness (QED) is 0.674. The molecule has 0 spiro atoms. The zero-order chi connectivity index (χ0) is 14.7. The zero-order valence-electron chi connectivity index (χ0n) is 10.9. The van der Waals surface area contributed by atoms with Crippen LogP contribution in [0.1, 0.15) is 22.2 Å². The number of furan rings is 1. The van der Waals surface area contributed by atoms with Gasteiger partial charge in [0.1, 0.15) is 5.69 Å². The number of carbonyl (C=O) groups is 1. The second-order valence-corrected chi connectivity index (χ2v) is 5.21. The van der Waals surface area contributed by atoms with E-state index in [0.717, 1.165) is 5.56 Å². The van der Waals surface area contributed by atoms with Gasteiger partial charge < -0.3 is 14.8 Å². The number of amides is 1. The lowest BCUT2D eigenvalue weighted by atomic mass is 10.2. The Bertz CT molecular complexity index is 704. The van der Waals surface area contributed by atoms with Gasteiger partial charge in [-0.05, 0) is 34.5 Å². The monoisotopic (exact) mass is 303 g/mol. The first kappa shape index (κ1) is 13.6. The molecule has 3 heterocycles. The minimum atomic E-state index is -0.719. The lowest BCUT2D eigenvalue weighted by molar-refractivity contribution is 0.0911. The Kier molecular flexibility index (Phi) is 3.85. The molecule has 0 radical (unpaired) electrons. The number of thiophene rings is 1. The molecule has 0 aliphatic carbocycles. The highest BCUT2D eigenvalue weighted by Gasteiger charge is 2.14. The molecule has 3 rings (SSSR count). The normalized spacial score (nSPS) is 12.2. The highest BCUT2D eigenvalue weighted by Crippen LogP contribution is 2.18. The van der Waals surface area contributed by atoms with Gasteiger partial charge >= 0.3 is 0 Å². The Morgan fingerprint density at radius 3 is 3.14 bits per heavy atom. The molecule has 1 amide bonds. The molecule has 0 fully saturated rings. The number of aliphatic hydroxyl groups excluding tert-OH is 1. The number of rotatable bonds is 5. The number of aromatic amines is 1. The summed E-state index contributed by atoms with van der Waals surface area (Å²) >= 11 is 1.50. The first-order chi connectivity index (χ1) is 10.2. The second-order valence-electron chi connectivity index (χ2n) is 4.43. The number of aliphatic hydroxyl groups is 1. The third-order valence-electron chi connectivity index (χ3n) is 2.98. The van der Waals surface area contributed by atoms with Crippen molar-refractivity contribution in [3.05, 3.63) is 52.5 Å². The fourth-order valence-corrected chi connectivity index (χ4v) is 2.57. The third kappa shape index (κ3) is 3.04. The maximum Gasteiger partial charge on any atom is 0.271 e. The van der Waals surface area contributed by atoms with Crippen molar-refractivity contribution in [3.8, 4) is 11.5 Å². The van der Waals surface area contributed by atoms with E-state index >= 15 is 0 Å². The Balaban J connectivity index is 1.61. The summed E-state index contributed by atoms with van der Waals surface area (Å²) in [4.78, 5) is 12.0. The lowest BCUT2D eigenvalue weighted by Gasteiger charge is -2.09. The van der Waals surface area contributed by atoms with Gasteiger partial charge in [-0.3, -0.25) is 9.89 Å². The van der Waals surface area contributed by atoms with E-state index in [1.807, 2.05) is 16.8 Å². The Morgan fingerprint density at radius 2 is 2.43 bits per heavy atom. The van der Waals surface area contributed by atoms with Gasteiger partial charge in [0.2, 0.25) is 0 Å². The minimum Gasteiger partial charge on any atom is -0.463 e. The van der Waals surface area contributed by atoms with Crippen LogP contribution in [0.3, 0.4) is 0 Å². The first-order valence-electron chi connectivity index (χ1n) is 6.31. The maximum absolute atomic E-state index is 12.0. The molecule has 7 heteroatoms. The molecule has 0 aliphatic heterocycles. The number of carbonyl (C=O) groups excluding carboxylic acids is 1. The van der Waals surface area contributed by atoms with Crippen molar-refractivity contribution in [3.63, 3.8) is 0 Å². The Morgan fingerprint density at radius 1 is 1.52 bits per heavy atom. The third-order valence-corrected chi connectivity index (χ3v) is 3.68. The number of hydrogen-bond acceptors (Lipinski definition) is 5. The van der Waals surface area contributed by atoms with Crippen molar-refractivity contribution in [2.24, 2.45) is 0 Å². The average molecular weight is 303 g/mol. The van der Waals surface area contributed by atoms with Crippen molar-refractivity contribution in [2.75, 3.05) is 6.54 Å². The highest BCUT2D eigenvalue weighted by molar-refractivity contribution is 7.07. The van der Waals surface area contributed by atoms with E-state index in [0.29, 0.717) is 11.5 Å². The van der Waals surface area contributed by atoms with Crippen LogP contribution in [0.25, 0.3) is 11.5 Å². The molecule has 0 aromatic carbocycles. The molecular formula is C14H13N3O3S. The average Bonchev–Trinajstić information content (AvgIpc) is 3.25. The van der Waals surface area contributed by atoms with Gasteiger partial charge in [-0.25, -0.2) is 0 Å². The number of hydrogen-bond donors (Lipinski definition) is 3. The molecular weight excluding hydrogens is 290 g/mol. The summed E-state index contributed by atoms with van der Waals surface area (Å²) < 4.78 is 5.22. The van der Waals surface area contributed by atoms with Crippen LogP contribution in [-0.4, -0.2) is 27.8 Å². The summed E-state index contributed by atoms with van der Waals surface area (Å²) in [5.41, 5.74) is 1.67. The lowest BCUT2D eigenvalue weighted by Crippen LogP contribution is -2.28. The molecule has 1 atom stereocenters. The first-order valence-corrected chi connectivity index (χ1v) is 7.26. The van der Waals surface area contributed by atoms with Crippen LogP contribution >= 0.6 is 11.3 Å². The van der Waals surface area contributed by atoms with E-state index in [4.69, 9.17) is 4.42 Å². The van der Waals surface area contributed by atoms with Gasteiger partial charge in [0.15, 0.2) is 11.5 Å². The molecule has 0 saturated heterocycles. The molecule has 21 heavy (non-hydrogen) atoms. The summed E-state index contributed by atoms with van der Waals surface area (Å²) in [6.45, 7) is 0.137. The van der Waals surface area contributed by atoms with Crippen molar-refractivity contribution < 1.29 is 14.3 Å². The largest absolute Gasteiger partial charge is 0.463 e. The Labute approximate surface area is 124 Å². The molecule has 3 aromatic heterocycles. The summed E-state index contributed by atoms with van der Waals surface area (Å²) in [6.07, 6.45) is 0.830. The van der Waals surface area contributed by atoms with Crippen LogP contribution in [0.4, 0.5) is 0 Å². The predicted octanol–water partition coefficient (Wildman–Crippen LogP) is 2.19. The van der Waals surface area contributed by atoms with Crippen LogP contribution in [0, 0.1) is 0 Å². The summed E-state index contributed by atoms with van der Waals surface area (Å²) in [5, 5.41) is 23.0. The van der Waals surface area contributed by atoms with Crippen LogP contribution in [0.2, 0.25) is 0 Å². The van der Waals surface area contributed by atoms with E-state index in [1.165, 1.54) is 11.3 Å². The smallest absolute Gasteiger partial charge is 0.271 e. The van der Waals surface area contributed by atoms with Gasteiger partial charge in [-0.1, -0.05) is 0 Å². The van der Waals surface area contributed by atoms with Gasteiger partial charge in [-0.15, -0.1) is 0 Å². The van der Waals surface area contributed by atoms with Crippen LogP contribution in [-0.2, 0) is 0 Å². The van der Waals surface area contributed by atoms with E-state index in [2.05, 4.69) is 15.5 Å². The summed E-state index contributed by atoms with van der Waals surface area (Å²) in [7, 11) is 0. The molecule has 0 saturated carbocycles. The molecule has 0 bridgehead atoms. The summed E-state index contributed by atoms with van der Waals surface area (Å²) in [5.74, 6) is 0.262. The van der Waals surface area contributed by atoms with Crippen molar-refractivity contribution in [2.45, 2.75) is 6.10 Å². The standard InChI is InChI=1S/C14H13N3O3S/c18-12(9-3-5-21-8-9)7-15-14(19)11-6-10(16-17-11)13-2-1-4-20-13/h1-6,8,12,18H,7H2,(H,15,19)(H,16,17). The molecule has 1 unspecified atom stereocenters. The molecule has 3 aromatic rings. The van der Waals surface area contributed by atoms with E-state index in [9.17, 15) is 9.90 Å². The van der Waals surface area contributed by atoms with Gasteiger partial charge in [0.25, 0.3) is 5.91 Å². The van der Waals surface area contributed by atoms with Crippen LogP contribution < -0.4 is 5.32 Å². The van der Waals surface area contributed by atoms with Gasteiger partial charge in [-0.2, -0.15) is 16.4 Å². The van der Waals surface area contributed by atoms with Crippen LogP contribution in [0.5, 0.6) is 0 Å². The van der Waals surface area contributed by atoms with Crippen molar-refractivity contribution >= 4 is 17.2 Å². The minimum absolute atomic E-state index is 0.137. The number of nitrogens with zero attached hydrogens (tertiary/aromatic N) is 1. The van der Waals surface area contributed by atoms with Crippen molar-refractivity contribution in [1.82, 2.24) is 15.5 Å². The van der Waals surface area contributed by atoms with E-state index in [1.54, 1.807) is 24.5 Å². The number of H-pyrrole nitrogens is 1. The van der Waals surface area contributed by atoms with Gasteiger partial charge in [0, 0.05) is 12.6 Å². The fraction of sp³-hybridized carbons (Fsp3) is 0.143. The SMILES string of the molecule is O=C(NCC(O)c1ccsc1)c1cc(-c2ccco2)[nH]n1. The maximum atomic E-state index is 12.0. The molecule has 0 aliphatic rings. The fourth-order valence-electron chi connectivity index (χ4n) is 1.86. The van der Waals surface area contributed by atoms with E-state index in [-0.39, 0.29) is 18.1 Å². The topological polar surface area (TPSA) is 91.1 Å². The zero-order valence-corrected chi connectivity index (χ0v) is 11.8. The summed E-state index contributed by atoms with van der Waals surface area (Å²) in [6, 6.07) is 6.96. The Hall–Kier alpha value is -2.38. The second kappa shape index (κ2) is 5.94.